The number of hydrogen-bond acceptors (Lipinski definition) is 5. The highest BCUT2D eigenvalue weighted by Gasteiger charge is 2.35. The summed E-state index contributed by atoms with van der Waals surface area (Å²) in [6, 6.07) is 6.95. The van der Waals surface area contributed by atoms with Gasteiger partial charge in [-0.3, -0.25) is 0 Å². The molecule has 8 heteroatoms. The van der Waals surface area contributed by atoms with Crippen molar-refractivity contribution >= 4 is 25.2 Å². The molecule has 7 nitrogen and oxygen atoms in total. The van der Waals surface area contributed by atoms with Crippen molar-refractivity contribution in [3.8, 4) is 0 Å². The summed E-state index contributed by atoms with van der Waals surface area (Å²) < 4.78 is 19.8. The predicted octanol–water partition coefficient (Wildman–Crippen LogP) is 1.89. The molecule has 2 N–H and O–H groups in total. The molecule has 0 aliphatic heterocycles. The molecule has 0 radical (unpaired) electrons. The molecule has 1 aromatic carbocycles. The molecular formula is C8H7O7P. The number of carboxylic acid groups (broad SMARTS) is 2. The molecule has 0 amide bonds. The summed E-state index contributed by atoms with van der Waals surface area (Å²) in [6.45, 7) is 0. The second-order valence-corrected chi connectivity index (χ2v) is 4.42. The Kier molecular flexibility index (Phi) is 3.52. The first kappa shape index (κ1) is 12.1. The number of hydrogen-bond donors (Lipinski definition) is 2. The van der Waals surface area contributed by atoms with Crippen LogP contribution in [0.3, 0.4) is 0 Å². The smallest absolute Gasteiger partial charge is 0.449 e. The van der Waals surface area contributed by atoms with Crippen LogP contribution in [0, 0.1) is 0 Å². The molecule has 86 valence electrons. The van der Waals surface area contributed by atoms with E-state index in [0.717, 1.165) is 0 Å². The molecule has 0 aromatic heterocycles. The average Bonchev–Trinajstić information content (AvgIpc) is 2.16. The third-order valence-corrected chi connectivity index (χ3v) is 3.19. The zero-order chi connectivity index (χ0) is 12.2. The highest BCUT2D eigenvalue weighted by molar-refractivity contribution is 7.63. The summed E-state index contributed by atoms with van der Waals surface area (Å²) in [7, 11) is -4.38. The van der Waals surface area contributed by atoms with Crippen molar-refractivity contribution < 1.29 is 33.4 Å². The highest BCUT2D eigenvalue weighted by Crippen LogP contribution is 2.47. The minimum atomic E-state index is -4.38. The largest absolute Gasteiger partial charge is 0.513 e. The fourth-order valence-corrected chi connectivity index (χ4v) is 2.14. The lowest BCUT2D eigenvalue weighted by Gasteiger charge is -2.13. The molecular weight excluding hydrogens is 239 g/mol. The van der Waals surface area contributed by atoms with Gasteiger partial charge in [0.05, 0.1) is 5.30 Å². The topological polar surface area (TPSA) is 110 Å². The third-order valence-electron chi connectivity index (χ3n) is 1.47. The molecule has 1 aromatic rings. The lowest BCUT2D eigenvalue weighted by molar-refractivity contribution is 0.121. The average molecular weight is 246 g/mol. The Balaban J connectivity index is 3.09. The summed E-state index contributed by atoms with van der Waals surface area (Å²) in [5.74, 6) is 0. The van der Waals surface area contributed by atoms with Crippen molar-refractivity contribution in [2.45, 2.75) is 0 Å². The quantitative estimate of drug-likeness (QED) is 0.783. The summed E-state index contributed by atoms with van der Waals surface area (Å²) in [5.41, 5.74) is 0. The Morgan fingerprint density at radius 3 is 1.81 bits per heavy atom. The van der Waals surface area contributed by atoms with Gasteiger partial charge in [-0.1, -0.05) is 18.2 Å². The van der Waals surface area contributed by atoms with E-state index < -0.39 is 19.9 Å². The van der Waals surface area contributed by atoms with E-state index in [-0.39, 0.29) is 5.30 Å². The van der Waals surface area contributed by atoms with Gasteiger partial charge in [-0.05, 0) is 12.1 Å². The molecule has 0 bridgehead atoms. The highest BCUT2D eigenvalue weighted by atomic mass is 31.2. The molecule has 0 spiro atoms. The second kappa shape index (κ2) is 4.67. The molecule has 1 rings (SSSR count). The fraction of sp³-hybridized carbons (Fsp3) is 0. The maximum absolute atomic E-state index is 11.8. The first-order valence-electron chi connectivity index (χ1n) is 3.95. The van der Waals surface area contributed by atoms with E-state index in [4.69, 9.17) is 10.2 Å². The number of rotatable bonds is 3. The Morgan fingerprint density at radius 1 is 1.00 bits per heavy atom. The van der Waals surface area contributed by atoms with Crippen molar-refractivity contribution in [1.82, 2.24) is 0 Å². The Hall–Kier alpha value is -2.01. The monoisotopic (exact) mass is 246 g/mol. The third kappa shape index (κ3) is 2.99. The summed E-state index contributed by atoms with van der Waals surface area (Å²) >= 11 is 0. The normalized spacial score (nSPS) is 10.5. The Morgan fingerprint density at radius 2 is 1.44 bits per heavy atom. The van der Waals surface area contributed by atoms with E-state index in [1.54, 1.807) is 6.07 Å². The van der Waals surface area contributed by atoms with Gasteiger partial charge in [0.15, 0.2) is 0 Å². The van der Waals surface area contributed by atoms with Gasteiger partial charge in [0.2, 0.25) is 0 Å². The van der Waals surface area contributed by atoms with Crippen molar-refractivity contribution in [2.24, 2.45) is 0 Å². The molecule has 0 saturated heterocycles. The van der Waals surface area contributed by atoms with Gasteiger partial charge in [0.25, 0.3) is 0 Å². The van der Waals surface area contributed by atoms with Crippen LogP contribution in [0.4, 0.5) is 9.59 Å². The van der Waals surface area contributed by atoms with Gasteiger partial charge in [0, 0.05) is 0 Å². The molecule has 0 heterocycles. The number of benzene rings is 1. The standard InChI is InChI=1S/C8H7O7P/c9-7(10)14-16(13,15-8(11)12)6-4-2-1-3-5-6/h1-5H,(H,9,10)(H,11,12). The molecule has 0 aliphatic carbocycles. The van der Waals surface area contributed by atoms with E-state index in [9.17, 15) is 14.2 Å². The van der Waals surface area contributed by atoms with Crippen LogP contribution < -0.4 is 5.30 Å². The molecule has 0 fully saturated rings. The molecule has 0 aliphatic rings. The van der Waals surface area contributed by atoms with Crippen molar-refractivity contribution in [2.75, 3.05) is 0 Å². The van der Waals surface area contributed by atoms with Crippen LogP contribution in [-0.4, -0.2) is 22.5 Å². The maximum atomic E-state index is 11.8. The van der Waals surface area contributed by atoms with Crippen LogP contribution in [-0.2, 0) is 13.6 Å². The van der Waals surface area contributed by atoms with Gasteiger partial charge >= 0.3 is 19.9 Å². The fourth-order valence-electron chi connectivity index (χ4n) is 0.940. The van der Waals surface area contributed by atoms with E-state index in [1.807, 2.05) is 0 Å². The Bertz CT molecular complexity index is 421. The summed E-state index contributed by atoms with van der Waals surface area (Å²) in [5, 5.41) is 16.6. The van der Waals surface area contributed by atoms with Crippen LogP contribution in [0.5, 0.6) is 0 Å². The predicted molar refractivity (Wildman–Crippen MR) is 51.9 cm³/mol. The van der Waals surface area contributed by atoms with E-state index in [0.29, 0.717) is 0 Å². The van der Waals surface area contributed by atoms with E-state index in [2.05, 4.69) is 9.05 Å². The van der Waals surface area contributed by atoms with Gasteiger partial charge in [0.1, 0.15) is 0 Å². The van der Waals surface area contributed by atoms with Crippen LogP contribution >= 0.6 is 7.60 Å². The van der Waals surface area contributed by atoms with E-state index in [1.165, 1.54) is 24.3 Å². The van der Waals surface area contributed by atoms with Crippen LogP contribution in [0.1, 0.15) is 0 Å². The molecule has 16 heavy (non-hydrogen) atoms. The zero-order valence-electron chi connectivity index (χ0n) is 7.77. The first-order chi connectivity index (χ1) is 7.44. The van der Waals surface area contributed by atoms with Gasteiger partial charge in [-0.25, -0.2) is 14.2 Å². The van der Waals surface area contributed by atoms with Crippen LogP contribution in [0.15, 0.2) is 30.3 Å². The lowest BCUT2D eigenvalue weighted by atomic mass is 10.4. The minimum Gasteiger partial charge on any atom is -0.449 e. The van der Waals surface area contributed by atoms with Gasteiger partial charge < -0.3 is 19.3 Å². The lowest BCUT2D eigenvalue weighted by Crippen LogP contribution is -2.15. The van der Waals surface area contributed by atoms with Crippen molar-refractivity contribution in [1.29, 1.82) is 0 Å². The second-order valence-electron chi connectivity index (χ2n) is 2.55. The molecule has 0 saturated carbocycles. The van der Waals surface area contributed by atoms with Gasteiger partial charge in [-0.15, -0.1) is 0 Å². The summed E-state index contributed by atoms with van der Waals surface area (Å²) in [4.78, 5) is 20.6. The van der Waals surface area contributed by atoms with Gasteiger partial charge in [-0.2, -0.15) is 0 Å². The Labute approximate surface area is 89.8 Å². The maximum Gasteiger partial charge on any atom is 0.513 e. The van der Waals surface area contributed by atoms with E-state index >= 15 is 0 Å². The molecule has 0 atom stereocenters. The van der Waals surface area contributed by atoms with Crippen molar-refractivity contribution in [3.05, 3.63) is 30.3 Å². The first-order valence-corrected chi connectivity index (χ1v) is 5.49. The number of carbonyl (C=O) groups is 2. The van der Waals surface area contributed by atoms with Crippen LogP contribution in [0.2, 0.25) is 0 Å². The summed E-state index contributed by atoms with van der Waals surface area (Å²) in [6.07, 6.45) is -3.76. The van der Waals surface area contributed by atoms with Crippen LogP contribution in [0.25, 0.3) is 0 Å². The van der Waals surface area contributed by atoms with Crippen molar-refractivity contribution in [3.63, 3.8) is 0 Å². The SMILES string of the molecule is O=C(O)OP(=O)(OC(=O)O)c1ccccc1. The molecule has 0 unspecified atom stereocenters. The minimum absolute atomic E-state index is 0.153. The zero-order valence-corrected chi connectivity index (χ0v) is 8.66.